The van der Waals surface area contributed by atoms with Gasteiger partial charge in [-0.15, -0.1) is 34.2 Å². The highest BCUT2D eigenvalue weighted by Gasteiger charge is 2.36. The normalized spacial score (nSPS) is 25.8. The summed E-state index contributed by atoms with van der Waals surface area (Å²) in [7, 11) is 4.30. The van der Waals surface area contributed by atoms with E-state index in [-0.39, 0.29) is 24.0 Å². The quantitative estimate of drug-likeness (QED) is 0.278. The summed E-state index contributed by atoms with van der Waals surface area (Å²) in [5.41, 5.74) is 0. The first-order chi connectivity index (χ1) is 12.6. The lowest BCUT2D eigenvalue weighted by molar-refractivity contribution is 0.0526. The molecule has 0 aromatic carbocycles. The van der Waals surface area contributed by atoms with E-state index in [1.54, 1.807) is 0 Å². The van der Waals surface area contributed by atoms with Crippen molar-refractivity contribution in [2.75, 3.05) is 13.6 Å². The predicted molar refractivity (Wildman–Crippen MR) is 121 cm³/mol. The summed E-state index contributed by atoms with van der Waals surface area (Å²) >= 11 is 0. The van der Waals surface area contributed by atoms with Crippen LogP contribution in [0.4, 0.5) is 0 Å². The zero-order valence-corrected chi connectivity index (χ0v) is 19.6. The zero-order valence-electron chi connectivity index (χ0n) is 17.2. The number of nitrogens with zero attached hydrogens (tertiary/aromatic N) is 5. The molecule has 8 heteroatoms. The van der Waals surface area contributed by atoms with Gasteiger partial charge in [0.2, 0.25) is 0 Å². The van der Waals surface area contributed by atoms with Gasteiger partial charge in [-0.1, -0.05) is 19.8 Å². The van der Waals surface area contributed by atoms with Gasteiger partial charge in [0.15, 0.2) is 11.8 Å². The molecule has 27 heavy (non-hydrogen) atoms. The Morgan fingerprint density at radius 1 is 1.19 bits per heavy atom. The fourth-order valence-corrected chi connectivity index (χ4v) is 4.20. The van der Waals surface area contributed by atoms with Crippen molar-refractivity contribution in [1.29, 1.82) is 0 Å². The summed E-state index contributed by atoms with van der Waals surface area (Å²) in [5.74, 6) is 2.75. The van der Waals surface area contributed by atoms with Gasteiger partial charge in [0.05, 0.1) is 0 Å². The van der Waals surface area contributed by atoms with Gasteiger partial charge in [0.1, 0.15) is 12.4 Å². The van der Waals surface area contributed by atoms with Crippen molar-refractivity contribution in [2.45, 2.75) is 83.5 Å². The van der Waals surface area contributed by atoms with Gasteiger partial charge < -0.3 is 20.1 Å². The third kappa shape index (κ3) is 5.79. The highest BCUT2D eigenvalue weighted by molar-refractivity contribution is 14.0. The molecule has 0 aliphatic carbocycles. The second kappa shape index (κ2) is 10.6. The second-order valence-electron chi connectivity index (χ2n) is 7.88. The number of fused-ring (bicyclic) bond motifs is 2. The molecule has 2 aliphatic rings. The van der Waals surface area contributed by atoms with E-state index in [9.17, 15) is 0 Å². The first-order valence-corrected chi connectivity index (χ1v) is 10.2. The Morgan fingerprint density at radius 3 is 2.48 bits per heavy atom. The van der Waals surface area contributed by atoms with Crippen molar-refractivity contribution in [2.24, 2.45) is 12.0 Å². The molecule has 1 aromatic heterocycles. The van der Waals surface area contributed by atoms with E-state index in [4.69, 9.17) is 4.99 Å². The fourth-order valence-electron chi connectivity index (χ4n) is 4.20. The van der Waals surface area contributed by atoms with Crippen LogP contribution in [0.3, 0.4) is 0 Å². The first-order valence-electron chi connectivity index (χ1n) is 10.2. The maximum atomic E-state index is 4.80. The fraction of sp³-hybridized carbons (Fsp3) is 0.842. The molecule has 0 amide bonds. The monoisotopic (exact) mass is 489 g/mol. The number of piperidine rings is 2. The Kier molecular flexibility index (Phi) is 8.78. The molecule has 2 atom stereocenters. The average molecular weight is 489 g/mol. The Labute approximate surface area is 180 Å². The smallest absolute Gasteiger partial charge is 0.191 e. The lowest BCUT2D eigenvalue weighted by Gasteiger charge is -2.47. The molecule has 2 fully saturated rings. The predicted octanol–water partition coefficient (Wildman–Crippen LogP) is 2.59. The zero-order chi connectivity index (χ0) is 18.5. The van der Waals surface area contributed by atoms with Crippen molar-refractivity contribution < 1.29 is 0 Å². The van der Waals surface area contributed by atoms with Crippen molar-refractivity contribution in [3.8, 4) is 0 Å². The number of hydrogen-bond acceptors (Lipinski definition) is 4. The Morgan fingerprint density at radius 2 is 1.89 bits per heavy atom. The molecule has 0 radical (unpaired) electrons. The van der Waals surface area contributed by atoms with Crippen molar-refractivity contribution >= 4 is 29.9 Å². The van der Waals surface area contributed by atoms with Crippen LogP contribution in [0.5, 0.6) is 0 Å². The molecule has 1 aromatic rings. The summed E-state index contributed by atoms with van der Waals surface area (Å²) in [6.07, 6.45) is 8.81. The number of aromatic nitrogens is 3. The Bertz CT molecular complexity index is 601. The maximum Gasteiger partial charge on any atom is 0.191 e. The standard InChI is InChI=1S/C19H35N7.HI/c1-5-6-10-20-19(21-13-18-24-23-14(2)25(18)3)22-15-11-16-8-7-9-17(12-15)26(16)4;/h15-17H,5-13H2,1-4H3,(H2,20,21,22);1H. The first kappa shape index (κ1) is 22.4. The van der Waals surface area contributed by atoms with Crippen LogP contribution < -0.4 is 10.6 Å². The van der Waals surface area contributed by atoms with Crippen LogP contribution in [0.2, 0.25) is 0 Å². The van der Waals surface area contributed by atoms with Crippen LogP contribution in [0.25, 0.3) is 0 Å². The number of unbranched alkanes of at least 4 members (excludes halogenated alkanes) is 1. The average Bonchev–Trinajstić information content (AvgIpc) is 2.92. The largest absolute Gasteiger partial charge is 0.356 e. The number of halogens is 1. The van der Waals surface area contributed by atoms with Gasteiger partial charge >= 0.3 is 0 Å². The molecule has 2 N–H and O–H groups in total. The van der Waals surface area contributed by atoms with Gasteiger partial charge in [0.25, 0.3) is 0 Å². The highest BCUT2D eigenvalue weighted by atomic mass is 127. The van der Waals surface area contributed by atoms with Gasteiger partial charge in [-0.3, -0.25) is 0 Å². The lowest BCUT2D eigenvalue weighted by atomic mass is 9.82. The van der Waals surface area contributed by atoms with Gasteiger partial charge in [-0.05, 0) is 46.1 Å². The third-order valence-corrected chi connectivity index (χ3v) is 6.06. The molecule has 154 valence electrons. The van der Waals surface area contributed by atoms with Crippen LogP contribution in [-0.4, -0.2) is 57.3 Å². The van der Waals surface area contributed by atoms with E-state index >= 15 is 0 Å². The van der Waals surface area contributed by atoms with E-state index in [0.717, 1.165) is 42.7 Å². The number of guanidine groups is 1. The molecule has 0 spiro atoms. The molecule has 2 saturated heterocycles. The topological polar surface area (TPSA) is 70.4 Å². The number of hydrogen-bond donors (Lipinski definition) is 2. The summed E-state index contributed by atoms with van der Waals surface area (Å²) < 4.78 is 2.01. The van der Waals surface area contributed by atoms with E-state index < -0.39 is 0 Å². The molecule has 3 heterocycles. The number of aliphatic imine (C=N–C) groups is 1. The lowest BCUT2D eigenvalue weighted by Crippen LogP contribution is -2.56. The number of rotatable bonds is 6. The van der Waals surface area contributed by atoms with Crippen LogP contribution >= 0.6 is 24.0 Å². The second-order valence-corrected chi connectivity index (χ2v) is 7.88. The van der Waals surface area contributed by atoms with Crippen molar-refractivity contribution in [1.82, 2.24) is 30.3 Å². The van der Waals surface area contributed by atoms with Crippen molar-refractivity contribution in [3.05, 3.63) is 11.6 Å². The molecular weight excluding hydrogens is 453 g/mol. The molecule has 3 rings (SSSR count). The van der Waals surface area contributed by atoms with Crippen LogP contribution in [0, 0.1) is 6.92 Å². The van der Waals surface area contributed by atoms with Crippen LogP contribution in [-0.2, 0) is 13.6 Å². The molecule has 0 saturated carbocycles. The minimum Gasteiger partial charge on any atom is -0.356 e. The molecule has 2 bridgehead atoms. The minimum absolute atomic E-state index is 0. The van der Waals surface area contributed by atoms with Gasteiger partial charge in [-0.2, -0.15) is 0 Å². The maximum absolute atomic E-state index is 4.80. The SMILES string of the molecule is CCCCNC(=NCc1nnc(C)n1C)NC1CC2CCCC(C1)N2C.I. The van der Waals surface area contributed by atoms with E-state index in [2.05, 4.69) is 39.7 Å². The molecule has 7 nitrogen and oxygen atoms in total. The van der Waals surface area contributed by atoms with E-state index in [0.29, 0.717) is 12.6 Å². The Balaban J connectivity index is 0.00000261. The van der Waals surface area contributed by atoms with E-state index in [1.807, 2.05) is 18.5 Å². The van der Waals surface area contributed by atoms with Crippen molar-refractivity contribution in [3.63, 3.8) is 0 Å². The minimum atomic E-state index is 0. The summed E-state index contributed by atoms with van der Waals surface area (Å²) in [6, 6.07) is 1.95. The van der Waals surface area contributed by atoms with Crippen LogP contribution in [0.15, 0.2) is 4.99 Å². The van der Waals surface area contributed by atoms with Crippen LogP contribution in [0.1, 0.15) is 63.5 Å². The number of nitrogens with one attached hydrogen (secondary N) is 2. The van der Waals surface area contributed by atoms with Gasteiger partial charge in [-0.25, -0.2) is 4.99 Å². The van der Waals surface area contributed by atoms with Gasteiger partial charge in [0, 0.05) is 31.7 Å². The number of aryl methyl sites for hydroxylation is 1. The molecular formula is C19H36IN7. The highest BCUT2D eigenvalue weighted by Crippen LogP contribution is 2.32. The third-order valence-electron chi connectivity index (χ3n) is 6.06. The summed E-state index contributed by atoms with van der Waals surface area (Å²) in [4.78, 5) is 7.41. The summed E-state index contributed by atoms with van der Waals surface area (Å²) in [6.45, 7) is 5.69. The summed E-state index contributed by atoms with van der Waals surface area (Å²) in [5, 5.41) is 15.6. The van der Waals surface area contributed by atoms with E-state index in [1.165, 1.54) is 38.5 Å². The molecule has 2 unspecified atom stereocenters. The Hall–Kier alpha value is -0.900. The molecule has 2 aliphatic heterocycles.